The highest BCUT2D eigenvalue weighted by molar-refractivity contribution is 5.93. The number of aromatic nitrogens is 4. The first-order valence-corrected chi connectivity index (χ1v) is 9.15. The molecule has 2 aromatic carbocycles. The highest BCUT2D eigenvalue weighted by atomic mass is 19.1. The number of rotatable bonds is 5. The smallest absolute Gasteiger partial charge is 0.226 e. The first kappa shape index (κ1) is 18.8. The van der Waals surface area contributed by atoms with Gasteiger partial charge in [0, 0.05) is 24.3 Å². The van der Waals surface area contributed by atoms with Gasteiger partial charge in [-0.2, -0.15) is 5.10 Å². The van der Waals surface area contributed by atoms with Crippen LogP contribution in [-0.4, -0.2) is 25.7 Å². The summed E-state index contributed by atoms with van der Waals surface area (Å²) in [7, 11) is 0. The normalized spacial score (nSPS) is 11.2. The zero-order valence-corrected chi connectivity index (χ0v) is 16.0. The van der Waals surface area contributed by atoms with E-state index in [9.17, 15) is 13.6 Å². The molecule has 0 bridgehead atoms. The molecule has 0 spiro atoms. The van der Waals surface area contributed by atoms with E-state index in [2.05, 4.69) is 20.4 Å². The number of carbonyl (C=O) groups excluding carboxylic acids is 1. The Morgan fingerprint density at radius 2 is 1.97 bits per heavy atom. The van der Waals surface area contributed by atoms with Crippen molar-refractivity contribution in [2.24, 2.45) is 0 Å². The second-order valence-electron chi connectivity index (χ2n) is 6.89. The fourth-order valence-electron chi connectivity index (χ4n) is 3.23. The molecule has 0 radical (unpaired) electrons. The number of H-pyrrole nitrogens is 1. The number of amides is 1. The van der Waals surface area contributed by atoms with Gasteiger partial charge in [0.15, 0.2) is 0 Å². The molecule has 148 valence electrons. The second-order valence-corrected chi connectivity index (χ2v) is 6.89. The molecule has 0 unspecified atom stereocenters. The van der Waals surface area contributed by atoms with Gasteiger partial charge >= 0.3 is 0 Å². The summed E-state index contributed by atoms with van der Waals surface area (Å²) in [5.74, 6) is -1.03. The van der Waals surface area contributed by atoms with Crippen LogP contribution >= 0.6 is 0 Å². The number of hydrogen-bond acceptors (Lipinski definition) is 3. The predicted molar refractivity (Wildman–Crippen MR) is 106 cm³/mol. The molecule has 0 fully saturated rings. The number of nitrogens with one attached hydrogen (secondary N) is 2. The average molecular weight is 395 g/mol. The van der Waals surface area contributed by atoms with Gasteiger partial charge in [0.2, 0.25) is 5.91 Å². The Morgan fingerprint density at radius 3 is 2.72 bits per heavy atom. The minimum absolute atomic E-state index is 0.0525. The van der Waals surface area contributed by atoms with Crippen LogP contribution in [0.4, 0.5) is 14.5 Å². The molecule has 4 rings (SSSR count). The van der Waals surface area contributed by atoms with Crippen molar-refractivity contribution in [2.75, 3.05) is 5.32 Å². The molecule has 0 aliphatic rings. The van der Waals surface area contributed by atoms with Gasteiger partial charge < -0.3 is 10.3 Å². The summed E-state index contributed by atoms with van der Waals surface area (Å²) in [5.41, 5.74) is 3.76. The molecular formula is C21H19F2N5O. The Labute approximate surface area is 165 Å². The van der Waals surface area contributed by atoms with Crippen molar-refractivity contribution in [3.63, 3.8) is 0 Å². The molecule has 4 aromatic rings. The van der Waals surface area contributed by atoms with Crippen molar-refractivity contribution in [1.82, 2.24) is 19.7 Å². The molecule has 2 aromatic heterocycles. The lowest BCUT2D eigenvalue weighted by molar-refractivity contribution is -0.116. The molecule has 2 heterocycles. The van der Waals surface area contributed by atoms with Gasteiger partial charge in [-0.25, -0.2) is 13.8 Å². The molecule has 8 heteroatoms. The van der Waals surface area contributed by atoms with Crippen molar-refractivity contribution in [2.45, 2.75) is 26.8 Å². The summed E-state index contributed by atoms with van der Waals surface area (Å²) in [6, 6.07) is 10.3. The number of hydrogen-bond donors (Lipinski definition) is 2. The van der Waals surface area contributed by atoms with E-state index in [0.29, 0.717) is 23.3 Å². The lowest BCUT2D eigenvalue weighted by Crippen LogP contribution is -2.15. The number of aromatic amines is 1. The first-order valence-electron chi connectivity index (χ1n) is 9.15. The summed E-state index contributed by atoms with van der Waals surface area (Å²) in [6.07, 6.45) is 0.280. The van der Waals surface area contributed by atoms with E-state index in [0.717, 1.165) is 29.6 Å². The molecule has 0 aliphatic heterocycles. The largest absolute Gasteiger partial charge is 0.338 e. The van der Waals surface area contributed by atoms with Crippen LogP contribution in [0.1, 0.15) is 17.8 Å². The van der Waals surface area contributed by atoms with Gasteiger partial charge in [-0.1, -0.05) is 0 Å². The third-order valence-corrected chi connectivity index (χ3v) is 4.60. The van der Waals surface area contributed by atoms with Crippen LogP contribution in [0.2, 0.25) is 0 Å². The number of imidazole rings is 1. The van der Waals surface area contributed by atoms with Gasteiger partial charge in [-0.15, -0.1) is 0 Å². The maximum atomic E-state index is 14.0. The highest BCUT2D eigenvalue weighted by Crippen LogP contribution is 2.25. The number of carbonyl (C=O) groups is 1. The number of halogens is 2. The summed E-state index contributed by atoms with van der Waals surface area (Å²) in [6.45, 7) is 4.34. The number of fused-ring (bicyclic) bond motifs is 1. The summed E-state index contributed by atoms with van der Waals surface area (Å²) >= 11 is 0. The lowest BCUT2D eigenvalue weighted by atomic mass is 10.2. The van der Waals surface area contributed by atoms with Crippen LogP contribution in [0.15, 0.2) is 42.5 Å². The fraction of sp³-hybridized carbons (Fsp3) is 0.190. The standard InChI is InChI=1S/C21H19F2N5O/c1-12-9-13(2)28(27-12)8-7-20(29)24-15-4-6-18-19(11-15)26-21(25-18)16-10-14(22)3-5-17(16)23/h3-6,9-11H,7-8H2,1-2H3,(H,24,29)(H,25,26). The molecule has 29 heavy (non-hydrogen) atoms. The van der Waals surface area contributed by atoms with Gasteiger partial charge in [0.25, 0.3) is 0 Å². The Morgan fingerprint density at radius 1 is 1.14 bits per heavy atom. The fourth-order valence-corrected chi connectivity index (χ4v) is 3.23. The average Bonchev–Trinajstić information content (AvgIpc) is 3.23. The Hall–Kier alpha value is -3.55. The highest BCUT2D eigenvalue weighted by Gasteiger charge is 2.12. The van der Waals surface area contributed by atoms with Gasteiger partial charge in [-0.3, -0.25) is 9.48 Å². The van der Waals surface area contributed by atoms with E-state index in [4.69, 9.17) is 0 Å². The molecule has 6 nitrogen and oxygen atoms in total. The predicted octanol–water partition coefficient (Wildman–Crippen LogP) is 4.35. The minimum Gasteiger partial charge on any atom is -0.338 e. The zero-order valence-electron chi connectivity index (χ0n) is 16.0. The molecule has 0 aliphatic carbocycles. The Balaban J connectivity index is 1.49. The van der Waals surface area contributed by atoms with Crippen LogP contribution in [0.5, 0.6) is 0 Å². The van der Waals surface area contributed by atoms with E-state index in [1.807, 2.05) is 19.9 Å². The Bertz CT molecular complexity index is 1210. The molecule has 0 saturated carbocycles. The molecule has 1 amide bonds. The Kier molecular flexibility index (Phi) is 4.84. The van der Waals surface area contributed by atoms with Gasteiger partial charge in [0.1, 0.15) is 17.5 Å². The van der Waals surface area contributed by atoms with Gasteiger partial charge in [0.05, 0.1) is 22.3 Å². The van der Waals surface area contributed by atoms with Crippen molar-refractivity contribution in [3.8, 4) is 11.4 Å². The summed E-state index contributed by atoms with van der Waals surface area (Å²) < 4.78 is 29.3. The van der Waals surface area contributed by atoms with E-state index in [1.54, 1.807) is 22.9 Å². The molecule has 0 saturated heterocycles. The zero-order chi connectivity index (χ0) is 20.5. The quantitative estimate of drug-likeness (QED) is 0.528. The van der Waals surface area contributed by atoms with Crippen LogP contribution in [0.25, 0.3) is 22.4 Å². The summed E-state index contributed by atoms with van der Waals surface area (Å²) in [5, 5.41) is 7.18. The number of aryl methyl sites for hydroxylation is 3. The van der Waals surface area contributed by atoms with Crippen LogP contribution in [-0.2, 0) is 11.3 Å². The van der Waals surface area contributed by atoms with E-state index < -0.39 is 11.6 Å². The topological polar surface area (TPSA) is 75.6 Å². The second kappa shape index (κ2) is 7.46. The van der Waals surface area contributed by atoms with Crippen molar-refractivity contribution < 1.29 is 13.6 Å². The SMILES string of the molecule is Cc1cc(C)n(CCC(=O)Nc2ccc3nc(-c4cc(F)ccc4F)[nH]c3c2)n1. The molecule has 0 atom stereocenters. The summed E-state index contributed by atoms with van der Waals surface area (Å²) in [4.78, 5) is 19.6. The third-order valence-electron chi connectivity index (χ3n) is 4.60. The minimum atomic E-state index is -0.567. The van der Waals surface area contributed by atoms with Crippen molar-refractivity contribution in [3.05, 3.63) is 65.5 Å². The van der Waals surface area contributed by atoms with Gasteiger partial charge in [-0.05, 0) is 56.3 Å². The lowest BCUT2D eigenvalue weighted by Gasteiger charge is -2.06. The van der Waals surface area contributed by atoms with Crippen LogP contribution in [0, 0.1) is 25.5 Å². The number of nitrogens with zero attached hydrogens (tertiary/aromatic N) is 3. The van der Waals surface area contributed by atoms with Crippen molar-refractivity contribution in [1.29, 1.82) is 0 Å². The maximum Gasteiger partial charge on any atom is 0.226 e. The maximum absolute atomic E-state index is 14.0. The number of anilines is 1. The van der Waals surface area contributed by atoms with Crippen LogP contribution < -0.4 is 5.32 Å². The molecular weight excluding hydrogens is 376 g/mol. The van der Waals surface area contributed by atoms with Crippen molar-refractivity contribution >= 4 is 22.6 Å². The molecule has 2 N–H and O–H groups in total. The van der Waals surface area contributed by atoms with E-state index in [-0.39, 0.29) is 23.7 Å². The van der Waals surface area contributed by atoms with Crippen LogP contribution in [0.3, 0.4) is 0 Å². The monoisotopic (exact) mass is 395 g/mol. The van der Waals surface area contributed by atoms with E-state index in [1.165, 1.54) is 0 Å². The first-order chi connectivity index (χ1) is 13.9. The van der Waals surface area contributed by atoms with E-state index >= 15 is 0 Å². The number of benzene rings is 2. The third kappa shape index (κ3) is 4.01.